The maximum Gasteiger partial charge on any atom is 0.333 e. The molecule has 3 atom stereocenters. The number of carbonyl (C=O) groups is 3. The van der Waals surface area contributed by atoms with Gasteiger partial charge in [-0.2, -0.15) is 0 Å². The minimum atomic E-state index is -0.620. The molecular weight excluding hydrogens is 394 g/mol. The van der Waals surface area contributed by atoms with Crippen LogP contribution in [0.15, 0.2) is 11.6 Å². The molecule has 1 saturated heterocycles. The molecule has 0 bridgehead atoms. The first-order valence-electron chi connectivity index (χ1n) is 11.5. The van der Waals surface area contributed by atoms with E-state index in [-0.39, 0.29) is 47.8 Å². The molecule has 0 aromatic rings. The molecule has 0 saturated carbocycles. The number of hydrogen-bond acceptors (Lipinski definition) is 5. The van der Waals surface area contributed by atoms with Crippen LogP contribution in [-0.4, -0.2) is 72.5 Å². The SMILES string of the molecule is C/C(=C\[C@H](C(C)C)N(C)C(=O)[C@@H](NC(=O)C1CCCCN1C)C(C)C)C(=O)OC(C)C. The maximum atomic E-state index is 13.4. The lowest BCUT2D eigenvalue weighted by Gasteiger charge is -2.36. The van der Waals surface area contributed by atoms with E-state index in [2.05, 4.69) is 10.2 Å². The Morgan fingerprint density at radius 2 is 1.68 bits per heavy atom. The quantitative estimate of drug-likeness (QED) is 0.443. The van der Waals surface area contributed by atoms with Gasteiger partial charge in [-0.25, -0.2) is 4.79 Å². The average Bonchev–Trinajstić information content (AvgIpc) is 2.68. The Balaban J connectivity index is 3.01. The summed E-state index contributed by atoms with van der Waals surface area (Å²) in [5.74, 6) is -0.589. The van der Waals surface area contributed by atoms with Gasteiger partial charge in [0.1, 0.15) is 6.04 Å². The number of carbonyl (C=O) groups excluding carboxylic acids is 3. The van der Waals surface area contributed by atoms with Crippen LogP contribution in [0.1, 0.15) is 67.7 Å². The fourth-order valence-electron chi connectivity index (χ4n) is 3.92. The Morgan fingerprint density at radius 3 is 2.16 bits per heavy atom. The number of likely N-dealkylation sites (tertiary alicyclic amines) is 1. The van der Waals surface area contributed by atoms with Gasteiger partial charge in [0.2, 0.25) is 11.8 Å². The van der Waals surface area contributed by atoms with Gasteiger partial charge in [0.15, 0.2) is 0 Å². The molecular formula is C24H43N3O4. The average molecular weight is 438 g/mol. The standard InChI is InChI=1S/C24H43N3O4/c1-15(2)20(14-18(7)24(30)31-17(5)6)27(9)23(29)21(16(3)4)25-22(28)19-12-10-11-13-26(19)8/h14-17,19-21H,10-13H2,1-9H3,(H,25,28)/b18-14+/t19?,20-,21+/m1/s1. The summed E-state index contributed by atoms with van der Waals surface area (Å²) in [7, 11) is 3.69. The zero-order chi connectivity index (χ0) is 23.9. The van der Waals surface area contributed by atoms with Crippen molar-refractivity contribution in [3.05, 3.63) is 11.6 Å². The first-order chi connectivity index (χ1) is 14.4. The van der Waals surface area contributed by atoms with Crippen molar-refractivity contribution in [2.75, 3.05) is 20.6 Å². The molecule has 7 heteroatoms. The van der Waals surface area contributed by atoms with Crippen molar-refractivity contribution in [3.63, 3.8) is 0 Å². The van der Waals surface area contributed by atoms with E-state index in [1.807, 2.05) is 34.7 Å². The minimum Gasteiger partial charge on any atom is -0.460 e. The fraction of sp³-hybridized carbons (Fsp3) is 0.792. The monoisotopic (exact) mass is 437 g/mol. The molecule has 0 spiro atoms. The first kappa shape index (κ1) is 27.1. The van der Waals surface area contributed by atoms with Crippen LogP contribution in [0.4, 0.5) is 0 Å². The van der Waals surface area contributed by atoms with Gasteiger partial charge in [-0.15, -0.1) is 0 Å². The molecule has 1 N–H and O–H groups in total. The van der Waals surface area contributed by atoms with E-state index in [4.69, 9.17) is 4.74 Å². The Labute approximate surface area is 188 Å². The summed E-state index contributed by atoms with van der Waals surface area (Å²) in [5, 5.41) is 3.01. The summed E-state index contributed by atoms with van der Waals surface area (Å²) in [6, 6.07) is -1.10. The Bertz CT molecular complexity index is 657. The highest BCUT2D eigenvalue weighted by molar-refractivity contribution is 5.91. The maximum absolute atomic E-state index is 13.4. The van der Waals surface area contributed by atoms with Crippen LogP contribution in [0.5, 0.6) is 0 Å². The largest absolute Gasteiger partial charge is 0.460 e. The number of piperidine rings is 1. The molecule has 7 nitrogen and oxygen atoms in total. The lowest BCUT2D eigenvalue weighted by atomic mass is 9.96. The van der Waals surface area contributed by atoms with Gasteiger partial charge in [-0.1, -0.05) is 40.2 Å². The molecule has 1 aliphatic heterocycles. The van der Waals surface area contributed by atoms with E-state index in [0.717, 1.165) is 25.8 Å². The summed E-state index contributed by atoms with van der Waals surface area (Å²) in [6.07, 6.45) is 4.52. The third-order valence-corrected chi connectivity index (χ3v) is 5.87. The van der Waals surface area contributed by atoms with Gasteiger partial charge in [0, 0.05) is 12.6 Å². The van der Waals surface area contributed by atoms with Gasteiger partial charge in [-0.05, 0) is 59.0 Å². The summed E-state index contributed by atoms with van der Waals surface area (Å²) in [4.78, 5) is 42.3. The van der Waals surface area contributed by atoms with E-state index in [1.165, 1.54) is 0 Å². The predicted molar refractivity (Wildman–Crippen MR) is 123 cm³/mol. The van der Waals surface area contributed by atoms with E-state index >= 15 is 0 Å². The molecule has 0 radical (unpaired) electrons. The van der Waals surface area contributed by atoms with Crippen LogP contribution >= 0.6 is 0 Å². The zero-order valence-corrected chi connectivity index (χ0v) is 20.9. The van der Waals surface area contributed by atoms with Gasteiger partial charge in [0.05, 0.1) is 18.2 Å². The van der Waals surface area contributed by atoms with Crippen molar-refractivity contribution >= 4 is 17.8 Å². The minimum absolute atomic E-state index is 0.0587. The molecule has 0 aromatic carbocycles. The Morgan fingerprint density at radius 1 is 1.06 bits per heavy atom. The second kappa shape index (κ2) is 12.2. The van der Waals surface area contributed by atoms with Crippen molar-refractivity contribution in [1.82, 2.24) is 15.1 Å². The number of likely N-dealkylation sites (N-methyl/N-ethyl adjacent to an activating group) is 2. The number of nitrogens with zero attached hydrogens (tertiary/aromatic N) is 2. The molecule has 1 fully saturated rings. The molecule has 1 aliphatic rings. The summed E-state index contributed by atoms with van der Waals surface area (Å²) in [5.41, 5.74) is 0.473. The highest BCUT2D eigenvalue weighted by Gasteiger charge is 2.34. The summed E-state index contributed by atoms with van der Waals surface area (Å²) < 4.78 is 5.28. The molecule has 1 heterocycles. The Hall–Kier alpha value is -1.89. The van der Waals surface area contributed by atoms with E-state index in [0.29, 0.717) is 5.57 Å². The smallest absolute Gasteiger partial charge is 0.333 e. The molecule has 0 aromatic heterocycles. The van der Waals surface area contributed by atoms with Crippen LogP contribution in [0.25, 0.3) is 0 Å². The fourth-order valence-corrected chi connectivity index (χ4v) is 3.92. The van der Waals surface area contributed by atoms with Crippen molar-refractivity contribution < 1.29 is 19.1 Å². The Kier molecular flexibility index (Phi) is 10.7. The van der Waals surface area contributed by atoms with Crippen LogP contribution in [-0.2, 0) is 19.1 Å². The van der Waals surface area contributed by atoms with E-state index in [9.17, 15) is 14.4 Å². The second-order valence-electron chi connectivity index (χ2n) is 9.71. The number of ether oxygens (including phenoxy) is 1. The van der Waals surface area contributed by atoms with Gasteiger partial charge in [0.25, 0.3) is 0 Å². The van der Waals surface area contributed by atoms with Crippen molar-refractivity contribution in [2.45, 2.75) is 92.0 Å². The third kappa shape index (κ3) is 7.95. The number of esters is 1. The predicted octanol–water partition coefficient (Wildman–Crippen LogP) is 2.99. The molecule has 1 rings (SSSR count). The molecule has 178 valence electrons. The van der Waals surface area contributed by atoms with Crippen LogP contribution in [0, 0.1) is 11.8 Å². The third-order valence-electron chi connectivity index (χ3n) is 5.87. The number of rotatable bonds is 9. The zero-order valence-electron chi connectivity index (χ0n) is 20.9. The molecule has 31 heavy (non-hydrogen) atoms. The summed E-state index contributed by atoms with van der Waals surface area (Å²) >= 11 is 0. The van der Waals surface area contributed by atoms with Gasteiger partial charge >= 0.3 is 5.97 Å². The first-order valence-corrected chi connectivity index (χ1v) is 11.5. The van der Waals surface area contributed by atoms with Crippen LogP contribution in [0.3, 0.4) is 0 Å². The number of hydrogen-bond donors (Lipinski definition) is 1. The van der Waals surface area contributed by atoms with Gasteiger partial charge < -0.3 is 15.0 Å². The van der Waals surface area contributed by atoms with Crippen LogP contribution < -0.4 is 5.32 Å². The van der Waals surface area contributed by atoms with Crippen molar-refractivity contribution in [3.8, 4) is 0 Å². The van der Waals surface area contributed by atoms with Gasteiger partial charge in [-0.3, -0.25) is 14.5 Å². The topological polar surface area (TPSA) is 79.0 Å². The highest BCUT2D eigenvalue weighted by Crippen LogP contribution is 2.19. The number of nitrogens with one attached hydrogen (secondary N) is 1. The van der Waals surface area contributed by atoms with Crippen LogP contribution in [0.2, 0.25) is 0 Å². The van der Waals surface area contributed by atoms with Crippen molar-refractivity contribution in [2.24, 2.45) is 11.8 Å². The molecule has 2 amide bonds. The van der Waals surface area contributed by atoms with Crippen molar-refractivity contribution in [1.29, 1.82) is 0 Å². The summed E-state index contributed by atoms with van der Waals surface area (Å²) in [6.45, 7) is 14.1. The number of amides is 2. The highest BCUT2D eigenvalue weighted by atomic mass is 16.5. The van der Waals surface area contributed by atoms with E-state index in [1.54, 1.807) is 38.8 Å². The lowest BCUT2D eigenvalue weighted by molar-refractivity contribution is -0.143. The molecule has 0 aliphatic carbocycles. The lowest BCUT2D eigenvalue weighted by Crippen LogP contribution is -2.57. The normalized spacial score (nSPS) is 20.0. The molecule has 1 unspecified atom stereocenters. The second-order valence-corrected chi connectivity index (χ2v) is 9.71. The van der Waals surface area contributed by atoms with E-state index < -0.39 is 6.04 Å².